The van der Waals surface area contributed by atoms with Crippen LogP contribution in [-0.4, -0.2) is 64.6 Å². The van der Waals surface area contributed by atoms with Crippen LogP contribution in [0.4, 0.5) is 57.3 Å². The molecule has 2 rings (SSSR count). The van der Waals surface area contributed by atoms with E-state index in [1.54, 1.807) is 0 Å². The second kappa shape index (κ2) is 32.2. The van der Waals surface area contributed by atoms with Gasteiger partial charge in [-0.1, -0.05) is 0 Å². The minimum atomic E-state index is -2.58. The Morgan fingerprint density at radius 2 is 1.04 bits per heavy atom. The number of hydrogen-bond acceptors (Lipinski definition) is 10. The number of aliphatic hydroxyl groups excluding tert-OH is 1. The average molecular weight is 730 g/mol. The quantitative estimate of drug-likeness (QED) is 0.0707. The molecule has 0 aliphatic carbocycles. The van der Waals surface area contributed by atoms with Gasteiger partial charge in [0.25, 0.3) is 0 Å². The predicted octanol–water partition coefficient (Wildman–Crippen LogP) is 8.49. The van der Waals surface area contributed by atoms with Crippen molar-refractivity contribution < 1.29 is 106 Å². The third-order valence-corrected chi connectivity index (χ3v) is 3.65. The van der Waals surface area contributed by atoms with Crippen molar-refractivity contribution in [2.45, 2.75) is 0 Å². The number of carbonyl (C=O) groups excluding carboxylic acids is 2. The lowest BCUT2D eigenvalue weighted by molar-refractivity contribution is -0.221. The summed E-state index contributed by atoms with van der Waals surface area (Å²) < 4.78 is 164. The number of ether oxygens (including phenoxy) is 5. The van der Waals surface area contributed by atoms with E-state index in [1.807, 2.05) is 0 Å². The van der Waals surface area contributed by atoms with Gasteiger partial charge in [-0.25, -0.2) is 35.9 Å². The first kappa shape index (κ1) is 47.6. The molecule has 274 valence electrons. The molecule has 2 aromatic carbocycles. The van der Waals surface area contributed by atoms with Gasteiger partial charge in [0.15, 0.2) is 13.7 Å². The van der Waals surface area contributed by atoms with Gasteiger partial charge in [-0.05, 0) is 57.6 Å². The van der Waals surface area contributed by atoms with Gasteiger partial charge in [-0.15, -0.1) is 0 Å². The van der Waals surface area contributed by atoms with Crippen molar-refractivity contribution >= 4 is 11.9 Å². The molecule has 0 fully saturated rings. The van der Waals surface area contributed by atoms with Gasteiger partial charge < -0.3 is 28.8 Å². The second-order valence-corrected chi connectivity index (χ2v) is 6.58. The maximum Gasteiger partial charge on any atom is 0.350 e. The van der Waals surface area contributed by atoms with E-state index in [0.717, 1.165) is 24.3 Å². The summed E-state index contributed by atoms with van der Waals surface area (Å²) in [6, 6.07) is 7.21. The van der Waals surface area contributed by atoms with Crippen molar-refractivity contribution in [2.75, 3.05) is 47.6 Å². The fourth-order valence-corrected chi connectivity index (χ4v) is 2.02. The van der Waals surface area contributed by atoms with Crippen LogP contribution in [0.1, 0.15) is 20.7 Å². The lowest BCUT2D eigenvalue weighted by Gasteiger charge is -2.04. The summed E-state index contributed by atoms with van der Waals surface area (Å²) in [7, 11) is 0. The summed E-state index contributed by atoms with van der Waals surface area (Å²) in [6.45, 7) is -7.17. The first-order chi connectivity index (χ1) is 22.8. The predicted molar refractivity (Wildman–Crippen MR) is 133 cm³/mol. The summed E-state index contributed by atoms with van der Waals surface area (Å²) >= 11 is 0. The Bertz CT molecular complexity index is 1160. The number of alkyl halides is 6. The van der Waals surface area contributed by atoms with Crippen LogP contribution < -0.4 is 9.47 Å². The topological polar surface area (TPSA) is 119 Å². The van der Waals surface area contributed by atoms with Crippen molar-refractivity contribution in [3.63, 3.8) is 0 Å². The Balaban J connectivity index is -0.000000621. The molecule has 0 radical (unpaired) electrons. The molecule has 0 aliphatic heterocycles. The smallest absolute Gasteiger partial charge is 0.350 e. The van der Waals surface area contributed by atoms with Crippen LogP contribution in [0.2, 0.25) is 0 Å². The number of aliphatic hydroxyl groups is 1. The normalized spacial score (nSPS) is 9.19. The second-order valence-electron chi connectivity index (χ2n) is 6.58. The molecular weight excluding hydrogens is 707 g/mol. The van der Waals surface area contributed by atoms with Crippen LogP contribution in [0, 0.1) is 0 Å². The Kier molecular flexibility index (Phi) is 31.9. The molecule has 1 N–H and O–H groups in total. The molecule has 0 aliphatic rings. The van der Waals surface area contributed by atoms with E-state index < -0.39 is 77.0 Å². The molecule has 0 aromatic heterocycles. The lowest BCUT2D eigenvalue weighted by Crippen LogP contribution is -2.07. The summed E-state index contributed by atoms with van der Waals surface area (Å²) in [5, 5.41) is 8.61. The van der Waals surface area contributed by atoms with Crippen molar-refractivity contribution in [2.24, 2.45) is 0 Å². The van der Waals surface area contributed by atoms with Crippen LogP contribution in [0.25, 0.3) is 0 Å². The summed E-state index contributed by atoms with van der Waals surface area (Å²) in [5.74, 6) is -3.50. The first-order valence-corrected chi connectivity index (χ1v) is 11.6. The highest BCUT2D eigenvalue weighted by Gasteiger charge is 2.11. The first-order valence-electron chi connectivity index (χ1n) is 11.6. The molecule has 23 heteroatoms. The number of esters is 2. The third kappa shape index (κ3) is 26.4. The maximum atomic E-state index is 12.4. The lowest BCUT2D eigenvalue weighted by atomic mass is 10.2. The van der Waals surface area contributed by atoms with Crippen molar-refractivity contribution in [1.29, 1.82) is 0 Å². The van der Waals surface area contributed by atoms with E-state index in [9.17, 15) is 66.9 Å². The van der Waals surface area contributed by atoms with Crippen molar-refractivity contribution in [1.82, 2.24) is 0 Å². The highest BCUT2D eigenvalue weighted by molar-refractivity contribution is 5.89. The number of rotatable bonds is 13. The largest absolute Gasteiger partial charge is 0.477 e. The fourth-order valence-electron chi connectivity index (χ4n) is 2.02. The van der Waals surface area contributed by atoms with Gasteiger partial charge in [0, 0.05) is 0 Å². The SMILES string of the molecule is FCF.FCOCOF.FCOF.O=C(OCCF)c1ccc(OC(F)=C(F)F)cc1.O=C(OCF)c1ccc(OC(O)=C(F)F)cc1. The third-order valence-electron chi connectivity index (χ3n) is 3.65. The van der Waals surface area contributed by atoms with E-state index >= 15 is 0 Å². The van der Waals surface area contributed by atoms with Gasteiger partial charge in [-0.2, -0.15) is 31.8 Å². The van der Waals surface area contributed by atoms with Crippen molar-refractivity contribution in [3.05, 3.63) is 83.8 Å². The average Bonchev–Trinajstić information content (AvgIpc) is 3.08. The van der Waals surface area contributed by atoms with E-state index in [-0.39, 0.29) is 29.2 Å². The highest BCUT2D eigenvalue weighted by atomic mass is 19.3. The molecule has 0 bridgehead atoms. The molecule has 0 saturated heterocycles. The van der Waals surface area contributed by atoms with E-state index in [2.05, 4.69) is 33.6 Å². The van der Waals surface area contributed by atoms with Gasteiger partial charge in [0.1, 0.15) is 24.8 Å². The molecule has 0 amide bonds. The van der Waals surface area contributed by atoms with E-state index in [0.29, 0.717) is 0 Å². The number of carbonyl (C=O) groups is 2. The Labute approximate surface area is 261 Å². The molecule has 10 nitrogen and oxygen atoms in total. The van der Waals surface area contributed by atoms with Gasteiger partial charge in [0.2, 0.25) is 20.6 Å². The van der Waals surface area contributed by atoms with Crippen LogP contribution in [0.15, 0.2) is 72.7 Å². The van der Waals surface area contributed by atoms with Gasteiger partial charge >= 0.3 is 36.1 Å². The molecule has 48 heavy (non-hydrogen) atoms. The fraction of sp³-hybridized carbons (Fsp3) is 0.280. The number of halogens is 13. The Morgan fingerprint density at radius 3 is 1.35 bits per heavy atom. The Morgan fingerprint density at radius 1 is 0.604 bits per heavy atom. The summed E-state index contributed by atoms with van der Waals surface area (Å²) in [6.07, 6.45) is -4.95. The van der Waals surface area contributed by atoms with Crippen LogP contribution >= 0.6 is 0 Å². The van der Waals surface area contributed by atoms with E-state index in [1.165, 1.54) is 24.3 Å². The van der Waals surface area contributed by atoms with E-state index in [4.69, 9.17) is 5.11 Å². The maximum absolute atomic E-state index is 12.4. The zero-order valence-corrected chi connectivity index (χ0v) is 23.6. The standard InChI is InChI=1S/C11H8F4O3.C10H7F3O4.C2H4F2O2.CH2F2O.CH2F2/c12-5-6-17-11(16)7-1-3-8(4-2-7)18-10(15)9(13)14;11-5-16-9(14)6-1-3-7(4-2-6)17-10(15)8(12)13;3-1-5-2-6-4;2-1-4-3;2-1-3/h1-4H,5-6H2;1-4,15H,5H2;1-2H2;1H2;1H2. The van der Waals surface area contributed by atoms with Crippen molar-refractivity contribution in [3.8, 4) is 11.5 Å². The van der Waals surface area contributed by atoms with Crippen LogP contribution in [-0.2, 0) is 24.1 Å². The molecule has 0 spiro atoms. The number of hydrogen-bond donors (Lipinski definition) is 1. The minimum Gasteiger partial charge on any atom is -0.477 e. The van der Waals surface area contributed by atoms with Gasteiger partial charge in [0.05, 0.1) is 11.1 Å². The number of benzene rings is 2. The summed E-state index contributed by atoms with van der Waals surface area (Å²) in [4.78, 5) is 27.4. The Hall–Kier alpha value is -4.77. The zero-order valence-electron chi connectivity index (χ0n) is 23.6. The van der Waals surface area contributed by atoms with Crippen LogP contribution in [0.3, 0.4) is 0 Å². The summed E-state index contributed by atoms with van der Waals surface area (Å²) in [5.41, 5.74) is 0.0973. The van der Waals surface area contributed by atoms with Crippen LogP contribution in [0.5, 0.6) is 11.5 Å². The zero-order chi connectivity index (χ0) is 37.3. The molecule has 0 atom stereocenters. The molecule has 0 heterocycles. The molecular formula is C25H23F13O10. The highest BCUT2D eigenvalue weighted by Crippen LogP contribution is 2.19. The monoisotopic (exact) mass is 730 g/mol. The minimum absolute atomic E-state index is 0.0270. The molecule has 2 aromatic rings. The van der Waals surface area contributed by atoms with Gasteiger partial charge in [-0.3, -0.25) is 0 Å². The molecule has 0 saturated carbocycles. The molecule has 0 unspecified atom stereocenters.